The van der Waals surface area contributed by atoms with Gasteiger partial charge in [0.05, 0.1) is 0 Å². The van der Waals surface area contributed by atoms with E-state index in [4.69, 9.17) is 10.5 Å². The Morgan fingerprint density at radius 1 is 1.39 bits per heavy atom. The zero-order valence-electron chi connectivity index (χ0n) is 10.7. The first kappa shape index (κ1) is 12.4. The summed E-state index contributed by atoms with van der Waals surface area (Å²) in [7, 11) is 0. The van der Waals surface area contributed by atoms with E-state index in [1.54, 1.807) is 0 Å². The van der Waals surface area contributed by atoms with Gasteiger partial charge in [-0.25, -0.2) is 0 Å². The lowest BCUT2D eigenvalue weighted by molar-refractivity contribution is 0.211. The van der Waals surface area contributed by atoms with Crippen LogP contribution in [0.15, 0.2) is 24.3 Å². The lowest BCUT2D eigenvalue weighted by Crippen LogP contribution is -2.24. The largest absolute Gasteiger partial charge is 0.490 e. The van der Waals surface area contributed by atoms with Crippen molar-refractivity contribution in [1.29, 1.82) is 0 Å². The van der Waals surface area contributed by atoms with Crippen LogP contribution in [0.3, 0.4) is 0 Å². The van der Waals surface area contributed by atoms with Gasteiger partial charge >= 0.3 is 0 Å². The van der Waals surface area contributed by atoms with Crippen LogP contribution < -0.4 is 10.5 Å². The van der Waals surface area contributed by atoms with Gasteiger partial charge < -0.3 is 10.5 Å². The number of benzene rings is 1. The standard InChI is InChI=1S/C15H21NOS/c16-11-15(6-7-15)12-3-1-4-13(9-12)17-14-5-2-8-18-10-14/h1,3-4,9,14H,2,5-8,10-11,16H2. The highest BCUT2D eigenvalue weighted by molar-refractivity contribution is 7.99. The molecule has 2 N–H and O–H groups in total. The van der Waals surface area contributed by atoms with Crippen molar-refractivity contribution in [2.45, 2.75) is 37.2 Å². The number of thioether (sulfide) groups is 1. The number of hydrogen-bond acceptors (Lipinski definition) is 3. The van der Waals surface area contributed by atoms with Crippen molar-refractivity contribution in [3.05, 3.63) is 29.8 Å². The molecule has 1 saturated heterocycles. The first-order valence-corrected chi connectivity index (χ1v) is 8.03. The van der Waals surface area contributed by atoms with Crippen LogP contribution >= 0.6 is 11.8 Å². The smallest absolute Gasteiger partial charge is 0.120 e. The molecule has 2 fully saturated rings. The third kappa shape index (κ3) is 2.52. The van der Waals surface area contributed by atoms with Crippen LogP contribution in [0.2, 0.25) is 0 Å². The number of ether oxygens (including phenoxy) is 1. The lowest BCUT2D eigenvalue weighted by Gasteiger charge is -2.23. The highest BCUT2D eigenvalue weighted by Gasteiger charge is 2.42. The summed E-state index contributed by atoms with van der Waals surface area (Å²) in [6, 6.07) is 8.59. The molecule has 1 saturated carbocycles. The van der Waals surface area contributed by atoms with Crippen LogP contribution in [0.4, 0.5) is 0 Å². The minimum absolute atomic E-state index is 0.265. The monoisotopic (exact) mass is 263 g/mol. The second kappa shape index (κ2) is 5.14. The van der Waals surface area contributed by atoms with Gasteiger partial charge in [-0.15, -0.1) is 0 Å². The van der Waals surface area contributed by atoms with E-state index in [1.165, 1.54) is 37.0 Å². The second-order valence-corrected chi connectivity index (χ2v) is 6.62. The molecule has 1 aromatic rings. The molecule has 1 unspecified atom stereocenters. The van der Waals surface area contributed by atoms with E-state index in [9.17, 15) is 0 Å². The molecule has 3 heteroatoms. The third-order valence-electron chi connectivity index (χ3n) is 4.11. The molecule has 0 spiro atoms. The molecule has 3 rings (SSSR count). The molecule has 1 atom stereocenters. The second-order valence-electron chi connectivity index (χ2n) is 5.47. The Morgan fingerprint density at radius 3 is 2.94 bits per heavy atom. The molecular formula is C15H21NOS. The normalized spacial score (nSPS) is 25.7. The van der Waals surface area contributed by atoms with Crippen LogP contribution in [-0.4, -0.2) is 24.2 Å². The molecule has 1 aliphatic carbocycles. The first-order chi connectivity index (χ1) is 8.82. The average molecular weight is 263 g/mol. The number of nitrogens with two attached hydrogens (primary N) is 1. The summed E-state index contributed by atoms with van der Waals surface area (Å²) in [4.78, 5) is 0. The van der Waals surface area contributed by atoms with Crippen LogP contribution in [0, 0.1) is 0 Å². The van der Waals surface area contributed by atoms with Gasteiger partial charge in [0, 0.05) is 17.7 Å². The molecule has 1 heterocycles. The Balaban J connectivity index is 1.70. The molecule has 1 aliphatic heterocycles. The Kier molecular flexibility index (Phi) is 3.53. The maximum atomic E-state index is 6.10. The highest BCUT2D eigenvalue weighted by atomic mass is 32.2. The Labute approximate surface area is 113 Å². The summed E-state index contributed by atoms with van der Waals surface area (Å²) in [5, 5.41) is 0. The van der Waals surface area contributed by atoms with Crippen molar-refractivity contribution in [2.75, 3.05) is 18.1 Å². The minimum Gasteiger partial charge on any atom is -0.490 e. The lowest BCUT2D eigenvalue weighted by atomic mass is 9.96. The average Bonchev–Trinajstić information content (AvgIpc) is 3.21. The van der Waals surface area contributed by atoms with E-state index in [0.717, 1.165) is 18.0 Å². The van der Waals surface area contributed by atoms with E-state index in [-0.39, 0.29) is 5.41 Å². The van der Waals surface area contributed by atoms with Crippen LogP contribution in [0.5, 0.6) is 5.75 Å². The number of hydrogen-bond donors (Lipinski definition) is 1. The van der Waals surface area contributed by atoms with Gasteiger partial charge in [-0.2, -0.15) is 11.8 Å². The molecule has 0 bridgehead atoms. The maximum Gasteiger partial charge on any atom is 0.120 e. The topological polar surface area (TPSA) is 35.2 Å². The van der Waals surface area contributed by atoms with Crippen LogP contribution in [-0.2, 0) is 5.41 Å². The van der Waals surface area contributed by atoms with E-state index in [1.807, 2.05) is 11.8 Å². The van der Waals surface area contributed by atoms with Crippen molar-refractivity contribution >= 4 is 11.8 Å². The van der Waals surface area contributed by atoms with E-state index < -0.39 is 0 Å². The minimum atomic E-state index is 0.265. The number of rotatable bonds is 4. The van der Waals surface area contributed by atoms with Crippen molar-refractivity contribution in [2.24, 2.45) is 5.73 Å². The van der Waals surface area contributed by atoms with Gasteiger partial charge in [0.15, 0.2) is 0 Å². The van der Waals surface area contributed by atoms with Crippen molar-refractivity contribution in [3.8, 4) is 5.75 Å². The summed E-state index contributed by atoms with van der Waals surface area (Å²) >= 11 is 2.00. The third-order valence-corrected chi connectivity index (χ3v) is 5.30. The predicted molar refractivity (Wildman–Crippen MR) is 77.4 cm³/mol. The first-order valence-electron chi connectivity index (χ1n) is 6.87. The SMILES string of the molecule is NCC1(c2cccc(OC3CCCSC3)c2)CC1. The van der Waals surface area contributed by atoms with Crippen LogP contribution in [0.25, 0.3) is 0 Å². The Hall–Kier alpha value is -0.670. The van der Waals surface area contributed by atoms with Gasteiger partial charge in [-0.1, -0.05) is 12.1 Å². The molecule has 0 radical (unpaired) electrons. The molecular weight excluding hydrogens is 242 g/mol. The molecule has 0 amide bonds. The van der Waals surface area contributed by atoms with Crippen molar-refractivity contribution in [3.63, 3.8) is 0 Å². The maximum absolute atomic E-state index is 6.10. The molecule has 2 nitrogen and oxygen atoms in total. The molecule has 2 aliphatic rings. The van der Waals surface area contributed by atoms with Gasteiger partial charge in [-0.05, 0) is 49.1 Å². The van der Waals surface area contributed by atoms with Gasteiger partial charge in [0.1, 0.15) is 11.9 Å². The molecule has 98 valence electrons. The van der Waals surface area contributed by atoms with Gasteiger partial charge in [0.2, 0.25) is 0 Å². The van der Waals surface area contributed by atoms with Crippen molar-refractivity contribution < 1.29 is 4.74 Å². The summed E-state index contributed by atoms with van der Waals surface area (Å²) in [5.74, 6) is 3.45. The Bertz CT molecular complexity index is 411. The van der Waals surface area contributed by atoms with E-state index in [2.05, 4.69) is 24.3 Å². The summed E-state index contributed by atoms with van der Waals surface area (Å²) < 4.78 is 6.10. The summed E-state index contributed by atoms with van der Waals surface area (Å²) in [5.41, 5.74) is 7.52. The van der Waals surface area contributed by atoms with Gasteiger partial charge in [-0.3, -0.25) is 0 Å². The highest BCUT2D eigenvalue weighted by Crippen LogP contribution is 2.47. The Morgan fingerprint density at radius 2 is 2.28 bits per heavy atom. The zero-order valence-corrected chi connectivity index (χ0v) is 11.5. The quantitative estimate of drug-likeness (QED) is 0.907. The summed E-state index contributed by atoms with van der Waals surface area (Å²) in [6.07, 6.45) is 5.33. The summed E-state index contributed by atoms with van der Waals surface area (Å²) in [6.45, 7) is 0.760. The predicted octanol–water partition coefficient (Wildman–Crippen LogP) is 2.95. The molecule has 18 heavy (non-hydrogen) atoms. The fourth-order valence-corrected chi connectivity index (χ4v) is 3.69. The molecule has 0 aromatic heterocycles. The van der Waals surface area contributed by atoms with Gasteiger partial charge in [0.25, 0.3) is 0 Å². The fraction of sp³-hybridized carbons (Fsp3) is 0.600. The van der Waals surface area contributed by atoms with E-state index >= 15 is 0 Å². The zero-order chi connectivity index (χ0) is 12.4. The van der Waals surface area contributed by atoms with Crippen molar-refractivity contribution in [1.82, 2.24) is 0 Å². The fourth-order valence-electron chi connectivity index (χ4n) is 2.66. The van der Waals surface area contributed by atoms with Crippen LogP contribution in [0.1, 0.15) is 31.2 Å². The molecule has 1 aromatic carbocycles. The van der Waals surface area contributed by atoms with E-state index in [0.29, 0.717) is 6.10 Å².